The van der Waals surface area contributed by atoms with Crippen molar-refractivity contribution >= 4 is 27.9 Å². The van der Waals surface area contributed by atoms with Crippen LogP contribution in [0.5, 0.6) is 0 Å². The summed E-state index contributed by atoms with van der Waals surface area (Å²) in [7, 11) is 0. The number of carbonyl (C=O) groups is 2. The number of carbonyl (C=O) groups excluding carboxylic acids is 2. The molecule has 4 atom stereocenters. The first kappa shape index (κ1) is 18.6. The lowest BCUT2D eigenvalue weighted by Crippen LogP contribution is -2.41. The largest absolute Gasteiger partial charge is 0.452 e. The van der Waals surface area contributed by atoms with E-state index in [1.165, 1.54) is 0 Å². The van der Waals surface area contributed by atoms with Gasteiger partial charge >= 0.3 is 11.9 Å². The summed E-state index contributed by atoms with van der Waals surface area (Å²) in [6.07, 6.45) is -4.10. The Kier molecular flexibility index (Phi) is 6.03. The molecule has 3 rings (SSSR count). The Morgan fingerprint density at radius 3 is 1.81 bits per heavy atom. The molecule has 0 bridgehead atoms. The summed E-state index contributed by atoms with van der Waals surface area (Å²) in [5.41, 5.74) is 0.686. The van der Waals surface area contributed by atoms with Gasteiger partial charge in [0.25, 0.3) is 0 Å². The third kappa shape index (κ3) is 4.12. The van der Waals surface area contributed by atoms with Crippen LogP contribution in [0.1, 0.15) is 20.7 Å². The van der Waals surface area contributed by atoms with Crippen LogP contribution in [0.4, 0.5) is 0 Å². The molecule has 1 N–H and O–H groups in total. The van der Waals surface area contributed by atoms with Crippen molar-refractivity contribution in [1.82, 2.24) is 0 Å². The van der Waals surface area contributed by atoms with Crippen LogP contribution in [0, 0.1) is 0 Å². The Hall–Kier alpha value is -2.22. The summed E-state index contributed by atoms with van der Waals surface area (Å²) in [6.45, 7) is 0. The number of hydrogen-bond donors (Lipinski definition) is 1. The van der Waals surface area contributed by atoms with Crippen molar-refractivity contribution in [2.75, 3.05) is 5.33 Å². The van der Waals surface area contributed by atoms with Gasteiger partial charge < -0.3 is 19.3 Å². The van der Waals surface area contributed by atoms with Gasteiger partial charge in [0.15, 0.2) is 18.5 Å². The molecule has 0 aliphatic carbocycles. The maximum Gasteiger partial charge on any atom is 0.338 e. The average Bonchev–Trinajstić information content (AvgIpc) is 2.98. The predicted molar refractivity (Wildman–Crippen MR) is 96.0 cm³/mol. The molecular weight excluding hydrogens is 404 g/mol. The van der Waals surface area contributed by atoms with Crippen LogP contribution < -0.4 is 0 Å². The Balaban J connectivity index is 1.76. The summed E-state index contributed by atoms with van der Waals surface area (Å²) in [5.74, 6) is -1.21. The molecule has 136 valence electrons. The molecule has 2 aromatic carbocycles. The van der Waals surface area contributed by atoms with Gasteiger partial charge in [-0.1, -0.05) is 52.3 Å². The Bertz CT molecular complexity index is 751. The molecule has 26 heavy (non-hydrogen) atoms. The number of benzene rings is 2. The minimum Gasteiger partial charge on any atom is -0.452 e. The predicted octanol–water partition coefficient (Wildman–Crippen LogP) is 2.55. The van der Waals surface area contributed by atoms with E-state index >= 15 is 0 Å². The van der Waals surface area contributed by atoms with Gasteiger partial charge in [-0.15, -0.1) is 0 Å². The molecule has 1 fully saturated rings. The monoisotopic (exact) mass is 420 g/mol. The highest BCUT2D eigenvalue weighted by Gasteiger charge is 2.48. The maximum atomic E-state index is 12.4. The molecule has 7 heteroatoms. The summed E-state index contributed by atoms with van der Waals surface area (Å²) >= 11 is 3.26. The molecular formula is C19H17BrO6. The first-order valence-corrected chi connectivity index (χ1v) is 9.14. The molecule has 0 spiro atoms. The average molecular weight is 421 g/mol. The van der Waals surface area contributed by atoms with Crippen molar-refractivity contribution in [2.45, 2.75) is 24.6 Å². The topological polar surface area (TPSA) is 82.1 Å². The highest BCUT2D eigenvalue weighted by Crippen LogP contribution is 2.28. The van der Waals surface area contributed by atoms with Gasteiger partial charge in [0.2, 0.25) is 0 Å². The van der Waals surface area contributed by atoms with Crippen LogP contribution in [0.25, 0.3) is 0 Å². The lowest BCUT2D eigenvalue weighted by Gasteiger charge is -2.22. The van der Waals surface area contributed by atoms with E-state index < -0.39 is 36.5 Å². The van der Waals surface area contributed by atoms with Gasteiger partial charge in [-0.3, -0.25) is 0 Å². The minimum atomic E-state index is -1.39. The minimum absolute atomic E-state index is 0.302. The van der Waals surface area contributed by atoms with Crippen LogP contribution >= 0.6 is 15.9 Å². The zero-order chi connectivity index (χ0) is 18.5. The van der Waals surface area contributed by atoms with Gasteiger partial charge in [0.05, 0.1) is 11.1 Å². The molecule has 1 aliphatic heterocycles. The number of aliphatic hydroxyl groups excluding tert-OH is 1. The SMILES string of the molecule is O=C(O[C@@H]1[C@H](OC(=O)c2ccccc2)[C@@H](CBr)O[C@@H]1O)c1ccccc1. The van der Waals surface area contributed by atoms with Crippen molar-refractivity contribution in [2.24, 2.45) is 0 Å². The second-order valence-corrected chi connectivity index (χ2v) is 6.34. The van der Waals surface area contributed by atoms with Crippen LogP contribution in [-0.2, 0) is 14.2 Å². The molecule has 0 amide bonds. The lowest BCUT2D eigenvalue weighted by atomic mass is 10.1. The van der Waals surface area contributed by atoms with E-state index in [1.54, 1.807) is 60.7 Å². The van der Waals surface area contributed by atoms with Crippen LogP contribution in [0.2, 0.25) is 0 Å². The second kappa shape index (κ2) is 8.44. The van der Waals surface area contributed by atoms with E-state index in [1.807, 2.05) is 0 Å². The summed E-state index contributed by atoms with van der Waals surface area (Å²) < 4.78 is 16.2. The fourth-order valence-corrected chi connectivity index (χ4v) is 3.15. The fraction of sp³-hybridized carbons (Fsp3) is 0.263. The molecule has 1 aliphatic rings. The van der Waals surface area contributed by atoms with Gasteiger partial charge in [0, 0.05) is 5.33 Å². The van der Waals surface area contributed by atoms with E-state index in [4.69, 9.17) is 14.2 Å². The van der Waals surface area contributed by atoms with Crippen LogP contribution in [0.15, 0.2) is 60.7 Å². The first-order chi connectivity index (χ1) is 12.6. The van der Waals surface area contributed by atoms with E-state index in [9.17, 15) is 14.7 Å². The number of alkyl halides is 1. The Morgan fingerprint density at radius 2 is 1.35 bits per heavy atom. The molecule has 0 saturated carbocycles. The third-order valence-corrected chi connectivity index (χ3v) is 4.58. The number of ether oxygens (including phenoxy) is 3. The third-order valence-electron chi connectivity index (χ3n) is 3.94. The van der Waals surface area contributed by atoms with E-state index in [2.05, 4.69) is 15.9 Å². The van der Waals surface area contributed by atoms with E-state index in [0.717, 1.165) is 0 Å². The normalized spacial score (nSPS) is 24.8. The number of halogens is 1. The number of hydrogen-bond acceptors (Lipinski definition) is 6. The zero-order valence-corrected chi connectivity index (χ0v) is 15.2. The Labute approximate surface area is 158 Å². The van der Waals surface area contributed by atoms with E-state index in [-0.39, 0.29) is 0 Å². The fourth-order valence-electron chi connectivity index (χ4n) is 2.63. The maximum absolute atomic E-state index is 12.4. The second-order valence-electron chi connectivity index (χ2n) is 5.69. The van der Waals surface area contributed by atoms with E-state index in [0.29, 0.717) is 16.5 Å². The molecule has 1 heterocycles. The molecule has 1 saturated heterocycles. The number of aliphatic hydroxyl groups is 1. The van der Waals surface area contributed by atoms with Crippen LogP contribution in [-0.4, -0.2) is 47.0 Å². The smallest absolute Gasteiger partial charge is 0.338 e. The quantitative estimate of drug-likeness (QED) is 0.591. The van der Waals surface area contributed by atoms with Gasteiger partial charge in [0.1, 0.15) is 6.10 Å². The van der Waals surface area contributed by atoms with Crippen LogP contribution in [0.3, 0.4) is 0 Å². The molecule has 0 aromatic heterocycles. The zero-order valence-electron chi connectivity index (χ0n) is 13.7. The van der Waals surface area contributed by atoms with Crippen molar-refractivity contribution in [3.05, 3.63) is 71.8 Å². The molecule has 0 radical (unpaired) electrons. The standard InChI is InChI=1S/C19H17BrO6/c20-11-14-15(25-17(21)12-7-3-1-4-8-12)16(19(23)24-14)26-18(22)13-9-5-2-6-10-13/h1-10,14-16,19,23H,11H2/t14-,15-,16-,19+/m1/s1. The molecule has 0 unspecified atom stereocenters. The first-order valence-electron chi connectivity index (χ1n) is 8.01. The lowest BCUT2D eigenvalue weighted by molar-refractivity contribution is -0.126. The summed E-state index contributed by atoms with van der Waals surface area (Å²) in [5, 5.41) is 10.4. The highest BCUT2D eigenvalue weighted by molar-refractivity contribution is 9.09. The number of esters is 2. The highest BCUT2D eigenvalue weighted by atomic mass is 79.9. The van der Waals surface area contributed by atoms with Crippen molar-refractivity contribution in [1.29, 1.82) is 0 Å². The Morgan fingerprint density at radius 1 is 0.885 bits per heavy atom. The van der Waals surface area contributed by atoms with Gasteiger partial charge in [-0.25, -0.2) is 9.59 Å². The molecule has 6 nitrogen and oxygen atoms in total. The van der Waals surface area contributed by atoms with Crippen molar-refractivity contribution in [3.63, 3.8) is 0 Å². The summed E-state index contributed by atoms with van der Waals surface area (Å²) in [6, 6.07) is 16.8. The van der Waals surface area contributed by atoms with Gasteiger partial charge in [-0.05, 0) is 24.3 Å². The molecule has 2 aromatic rings. The van der Waals surface area contributed by atoms with Crippen molar-refractivity contribution < 1.29 is 28.9 Å². The van der Waals surface area contributed by atoms with Crippen molar-refractivity contribution in [3.8, 4) is 0 Å². The summed E-state index contributed by atoms with van der Waals surface area (Å²) in [4.78, 5) is 24.7. The van der Waals surface area contributed by atoms with Gasteiger partial charge in [-0.2, -0.15) is 0 Å². The number of rotatable bonds is 5.